The molecule has 2 aromatic carbocycles. The summed E-state index contributed by atoms with van der Waals surface area (Å²) in [4.78, 5) is 21.7. The molecular weight excluding hydrogens is 330 g/mol. The molecule has 0 aliphatic heterocycles. The van der Waals surface area contributed by atoms with Crippen LogP contribution in [0.5, 0.6) is 0 Å². The van der Waals surface area contributed by atoms with E-state index >= 15 is 0 Å². The van der Waals surface area contributed by atoms with Crippen molar-refractivity contribution in [1.29, 1.82) is 0 Å². The highest BCUT2D eigenvalue weighted by Gasteiger charge is 2.21. The van der Waals surface area contributed by atoms with Crippen LogP contribution in [0, 0.1) is 6.92 Å². The van der Waals surface area contributed by atoms with Crippen LogP contribution in [0.3, 0.4) is 0 Å². The molecule has 3 aromatic rings. The number of thiazole rings is 1. The Balaban J connectivity index is 1.92. The van der Waals surface area contributed by atoms with Crippen molar-refractivity contribution in [3.8, 4) is 0 Å². The second kappa shape index (κ2) is 7.76. The fourth-order valence-electron chi connectivity index (χ4n) is 2.70. The number of carbonyl (C=O) groups is 1. The lowest BCUT2D eigenvalue weighted by molar-refractivity contribution is 0.0986. The van der Waals surface area contributed by atoms with Crippen molar-refractivity contribution in [2.45, 2.75) is 13.3 Å². The Hall–Kier alpha value is -2.24. The van der Waals surface area contributed by atoms with Gasteiger partial charge in [0, 0.05) is 12.1 Å². The number of hydrogen-bond acceptors (Lipinski definition) is 4. The monoisotopic (exact) mass is 353 g/mol. The molecule has 5 heteroatoms. The van der Waals surface area contributed by atoms with Crippen LogP contribution in [-0.2, 0) is 0 Å². The number of anilines is 1. The van der Waals surface area contributed by atoms with Crippen molar-refractivity contribution in [2.75, 3.05) is 32.1 Å². The Morgan fingerprint density at radius 3 is 2.56 bits per heavy atom. The summed E-state index contributed by atoms with van der Waals surface area (Å²) in [7, 11) is 4.09. The molecule has 0 aliphatic carbocycles. The van der Waals surface area contributed by atoms with E-state index in [0.29, 0.717) is 12.1 Å². The van der Waals surface area contributed by atoms with Gasteiger partial charge in [-0.2, -0.15) is 0 Å². The molecule has 0 N–H and O–H groups in total. The zero-order chi connectivity index (χ0) is 17.8. The highest BCUT2D eigenvalue weighted by molar-refractivity contribution is 7.22. The fourth-order valence-corrected chi connectivity index (χ4v) is 3.79. The Morgan fingerprint density at radius 1 is 1.08 bits per heavy atom. The first-order valence-corrected chi connectivity index (χ1v) is 9.25. The third-order valence-electron chi connectivity index (χ3n) is 4.02. The molecule has 130 valence electrons. The number of aryl methyl sites for hydroxylation is 1. The Morgan fingerprint density at radius 2 is 1.84 bits per heavy atom. The summed E-state index contributed by atoms with van der Waals surface area (Å²) in [6, 6.07) is 15.6. The van der Waals surface area contributed by atoms with Gasteiger partial charge in [-0.05, 0) is 63.8 Å². The van der Waals surface area contributed by atoms with Crippen LogP contribution in [0.25, 0.3) is 10.2 Å². The summed E-state index contributed by atoms with van der Waals surface area (Å²) in [5.41, 5.74) is 2.85. The maximum Gasteiger partial charge on any atom is 0.260 e. The van der Waals surface area contributed by atoms with E-state index in [2.05, 4.69) is 24.0 Å². The molecule has 0 saturated heterocycles. The summed E-state index contributed by atoms with van der Waals surface area (Å²) >= 11 is 1.58. The van der Waals surface area contributed by atoms with Crippen molar-refractivity contribution in [1.82, 2.24) is 9.88 Å². The second-order valence-electron chi connectivity index (χ2n) is 6.45. The smallest absolute Gasteiger partial charge is 0.260 e. The SMILES string of the molecule is Cc1ccc2nc(N(CCCN(C)C)C(=O)c3ccccc3)sc2c1. The van der Waals surface area contributed by atoms with E-state index in [4.69, 9.17) is 4.98 Å². The third kappa shape index (κ3) is 4.24. The molecule has 0 radical (unpaired) electrons. The zero-order valence-electron chi connectivity index (χ0n) is 14.9. The third-order valence-corrected chi connectivity index (χ3v) is 5.06. The van der Waals surface area contributed by atoms with Gasteiger partial charge in [-0.25, -0.2) is 4.98 Å². The van der Waals surface area contributed by atoms with Crippen LogP contribution in [-0.4, -0.2) is 43.0 Å². The highest BCUT2D eigenvalue weighted by atomic mass is 32.1. The van der Waals surface area contributed by atoms with Gasteiger partial charge in [0.1, 0.15) is 0 Å². The van der Waals surface area contributed by atoms with Gasteiger partial charge in [0.25, 0.3) is 5.91 Å². The van der Waals surface area contributed by atoms with E-state index < -0.39 is 0 Å². The molecule has 0 saturated carbocycles. The van der Waals surface area contributed by atoms with E-state index in [0.717, 1.165) is 28.3 Å². The zero-order valence-corrected chi connectivity index (χ0v) is 15.7. The van der Waals surface area contributed by atoms with Crippen LogP contribution < -0.4 is 4.90 Å². The number of rotatable bonds is 6. The lowest BCUT2D eigenvalue weighted by atomic mass is 10.2. The Kier molecular flexibility index (Phi) is 5.46. The molecule has 0 atom stereocenters. The number of amides is 1. The van der Waals surface area contributed by atoms with Gasteiger partial charge in [-0.15, -0.1) is 0 Å². The molecule has 3 rings (SSSR count). The van der Waals surface area contributed by atoms with Gasteiger partial charge in [0.05, 0.1) is 10.2 Å². The van der Waals surface area contributed by atoms with Crippen LogP contribution in [0.2, 0.25) is 0 Å². The molecule has 1 aromatic heterocycles. The van der Waals surface area contributed by atoms with Gasteiger partial charge in [0.2, 0.25) is 0 Å². The first-order valence-electron chi connectivity index (χ1n) is 8.43. The maximum absolute atomic E-state index is 13.0. The predicted molar refractivity (Wildman–Crippen MR) is 106 cm³/mol. The van der Waals surface area contributed by atoms with Crippen LogP contribution in [0.1, 0.15) is 22.3 Å². The number of hydrogen-bond donors (Lipinski definition) is 0. The topological polar surface area (TPSA) is 36.4 Å². The standard InChI is InChI=1S/C20H23N3OS/c1-15-10-11-17-18(14-15)25-20(21-17)23(13-7-12-22(2)3)19(24)16-8-5-4-6-9-16/h4-6,8-11,14H,7,12-13H2,1-3H3. The van der Waals surface area contributed by atoms with Gasteiger partial charge in [-0.3, -0.25) is 9.69 Å². The van der Waals surface area contributed by atoms with Crippen molar-refractivity contribution >= 4 is 32.6 Å². The second-order valence-corrected chi connectivity index (χ2v) is 7.46. The number of nitrogens with zero attached hydrogens (tertiary/aromatic N) is 3. The first-order chi connectivity index (χ1) is 12.0. The molecule has 1 amide bonds. The molecular formula is C20H23N3OS. The quantitative estimate of drug-likeness (QED) is 0.666. The number of aromatic nitrogens is 1. The van der Waals surface area contributed by atoms with E-state index in [1.54, 1.807) is 11.3 Å². The summed E-state index contributed by atoms with van der Waals surface area (Å²) in [6.07, 6.45) is 0.903. The minimum absolute atomic E-state index is 0.00938. The molecule has 0 fully saturated rings. The molecule has 4 nitrogen and oxygen atoms in total. The van der Waals surface area contributed by atoms with Crippen LogP contribution in [0.15, 0.2) is 48.5 Å². The molecule has 0 bridgehead atoms. The summed E-state index contributed by atoms with van der Waals surface area (Å²) < 4.78 is 1.12. The predicted octanol–water partition coefficient (Wildman–Crippen LogP) is 4.20. The van der Waals surface area contributed by atoms with Crippen molar-refractivity contribution in [2.24, 2.45) is 0 Å². The number of carbonyl (C=O) groups excluding carboxylic acids is 1. The molecule has 25 heavy (non-hydrogen) atoms. The summed E-state index contributed by atoms with van der Waals surface area (Å²) in [5.74, 6) is 0.00938. The van der Waals surface area contributed by atoms with E-state index in [9.17, 15) is 4.79 Å². The summed E-state index contributed by atoms with van der Waals surface area (Å²) in [6.45, 7) is 3.66. The van der Waals surface area contributed by atoms with Crippen molar-refractivity contribution < 1.29 is 4.79 Å². The van der Waals surface area contributed by atoms with Crippen LogP contribution >= 0.6 is 11.3 Å². The van der Waals surface area contributed by atoms with E-state index in [1.165, 1.54) is 5.56 Å². The lowest BCUT2D eigenvalue weighted by Crippen LogP contribution is -2.33. The lowest BCUT2D eigenvalue weighted by Gasteiger charge is -2.21. The van der Waals surface area contributed by atoms with E-state index in [1.807, 2.05) is 55.4 Å². The largest absolute Gasteiger partial charge is 0.309 e. The van der Waals surface area contributed by atoms with Crippen molar-refractivity contribution in [3.05, 3.63) is 59.7 Å². The van der Waals surface area contributed by atoms with Gasteiger partial charge in [0.15, 0.2) is 5.13 Å². The molecule has 0 aliphatic rings. The Labute approximate surface area is 152 Å². The van der Waals surface area contributed by atoms with E-state index in [-0.39, 0.29) is 5.91 Å². The molecule has 0 spiro atoms. The van der Waals surface area contributed by atoms with Crippen LogP contribution in [0.4, 0.5) is 5.13 Å². The number of fused-ring (bicyclic) bond motifs is 1. The van der Waals surface area contributed by atoms with Gasteiger partial charge in [-0.1, -0.05) is 35.6 Å². The first kappa shape index (κ1) is 17.6. The fraction of sp³-hybridized carbons (Fsp3) is 0.300. The molecule has 0 unspecified atom stereocenters. The van der Waals surface area contributed by atoms with Crippen molar-refractivity contribution in [3.63, 3.8) is 0 Å². The van der Waals surface area contributed by atoms with Gasteiger partial charge < -0.3 is 4.90 Å². The average molecular weight is 353 g/mol. The minimum Gasteiger partial charge on any atom is -0.309 e. The number of benzene rings is 2. The Bertz CT molecular complexity index is 858. The normalized spacial score (nSPS) is 11.2. The van der Waals surface area contributed by atoms with Gasteiger partial charge >= 0.3 is 0 Å². The maximum atomic E-state index is 13.0. The average Bonchev–Trinajstić information content (AvgIpc) is 3.01. The highest BCUT2D eigenvalue weighted by Crippen LogP contribution is 2.30. The minimum atomic E-state index is 0.00938. The molecule has 1 heterocycles. The summed E-state index contributed by atoms with van der Waals surface area (Å²) in [5, 5.41) is 0.771.